The Morgan fingerprint density at radius 1 is 1.86 bits per heavy atom. The summed E-state index contributed by atoms with van der Waals surface area (Å²) >= 11 is 0. The van der Waals surface area contributed by atoms with E-state index < -0.39 is 16.8 Å². The largest absolute Gasteiger partial charge is 0.481 e. The van der Waals surface area contributed by atoms with Crippen LogP contribution >= 0.6 is 0 Å². The zero-order valence-electron chi connectivity index (χ0n) is 7.32. The molecule has 0 saturated heterocycles. The van der Waals surface area contributed by atoms with Crippen molar-refractivity contribution < 1.29 is 14.8 Å². The zero-order valence-corrected chi connectivity index (χ0v) is 7.32. The average molecular weight is 200 g/mol. The Bertz CT molecular complexity index is 360. The van der Waals surface area contributed by atoms with Crippen molar-refractivity contribution in [3.63, 3.8) is 0 Å². The molecule has 0 aliphatic rings. The van der Waals surface area contributed by atoms with Crippen LogP contribution in [0, 0.1) is 16.0 Å². The van der Waals surface area contributed by atoms with Gasteiger partial charge in [0.1, 0.15) is 0 Å². The number of carbonyl (C=O) groups is 1. The maximum Gasteiger partial charge on any atom is 0.410 e. The van der Waals surface area contributed by atoms with Gasteiger partial charge in [0.05, 0.1) is 17.6 Å². The predicted octanol–water partition coefficient (Wildman–Crippen LogP) is -0.0930. The van der Waals surface area contributed by atoms with Gasteiger partial charge in [0, 0.05) is 0 Å². The zero-order chi connectivity index (χ0) is 10.7. The SMILES string of the molecule is CC(Cn1ncc([N+](=O)[O-])n1)C(=O)O. The van der Waals surface area contributed by atoms with E-state index >= 15 is 0 Å². The van der Waals surface area contributed by atoms with Gasteiger partial charge in [0.2, 0.25) is 0 Å². The molecule has 0 spiro atoms. The van der Waals surface area contributed by atoms with E-state index in [0.717, 1.165) is 11.0 Å². The second-order valence-electron chi connectivity index (χ2n) is 2.75. The number of carboxylic acid groups (broad SMARTS) is 1. The average Bonchev–Trinajstić information content (AvgIpc) is 2.52. The molecule has 0 bridgehead atoms. The molecular weight excluding hydrogens is 192 g/mol. The molecule has 0 aliphatic carbocycles. The molecule has 0 aliphatic heterocycles. The minimum absolute atomic E-state index is 0.0170. The van der Waals surface area contributed by atoms with Gasteiger partial charge in [-0.15, -0.1) is 5.10 Å². The Hall–Kier alpha value is -1.99. The highest BCUT2D eigenvalue weighted by atomic mass is 16.6. The van der Waals surface area contributed by atoms with Gasteiger partial charge in [0.25, 0.3) is 0 Å². The normalized spacial score (nSPS) is 12.4. The highest BCUT2D eigenvalue weighted by molar-refractivity contribution is 5.69. The van der Waals surface area contributed by atoms with E-state index in [1.54, 1.807) is 0 Å². The number of nitro groups is 1. The highest BCUT2D eigenvalue weighted by Crippen LogP contribution is 2.04. The molecule has 0 amide bonds. The molecule has 1 N–H and O–H groups in total. The van der Waals surface area contributed by atoms with Crippen molar-refractivity contribution >= 4 is 11.8 Å². The lowest BCUT2D eigenvalue weighted by Crippen LogP contribution is -2.18. The summed E-state index contributed by atoms with van der Waals surface area (Å²) in [4.78, 5) is 21.0. The third kappa shape index (κ3) is 2.25. The van der Waals surface area contributed by atoms with E-state index in [2.05, 4.69) is 10.2 Å². The maximum atomic E-state index is 10.4. The van der Waals surface area contributed by atoms with Crippen LogP contribution < -0.4 is 0 Å². The quantitative estimate of drug-likeness (QED) is 0.536. The van der Waals surface area contributed by atoms with Crippen molar-refractivity contribution in [2.75, 3.05) is 0 Å². The van der Waals surface area contributed by atoms with Crippen LogP contribution in [0.25, 0.3) is 0 Å². The van der Waals surface area contributed by atoms with Crippen LogP contribution in [0.15, 0.2) is 6.20 Å². The molecule has 0 fully saturated rings. The smallest absolute Gasteiger partial charge is 0.410 e. The molecule has 1 aromatic heterocycles. The van der Waals surface area contributed by atoms with E-state index in [4.69, 9.17) is 5.11 Å². The monoisotopic (exact) mass is 200 g/mol. The number of carboxylic acids is 1. The van der Waals surface area contributed by atoms with Gasteiger partial charge in [-0.05, 0) is 11.8 Å². The molecule has 0 saturated carbocycles. The third-order valence-corrected chi connectivity index (χ3v) is 1.57. The van der Waals surface area contributed by atoms with Gasteiger partial charge in [-0.3, -0.25) is 4.79 Å². The van der Waals surface area contributed by atoms with Gasteiger partial charge in [-0.25, -0.2) is 0 Å². The summed E-state index contributed by atoms with van der Waals surface area (Å²) < 4.78 is 0. The van der Waals surface area contributed by atoms with Crippen LogP contribution in [0.4, 0.5) is 5.82 Å². The van der Waals surface area contributed by atoms with Crippen molar-refractivity contribution in [1.29, 1.82) is 0 Å². The van der Waals surface area contributed by atoms with Crippen LogP contribution in [0.2, 0.25) is 0 Å². The minimum Gasteiger partial charge on any atom is -0.481 e. The molecular formula is C6H8N4O4. The molecule has 0 aromatic carbocycles. The Balaban J connectivity index is 2.69. The van der Waals surface area contributed by atoms with Gasteiger partial charge in [-0.2, -0.15) is 0 Å². The fraction of sp³-hybridized carbons (Fsp3) is 0.500. The van der Waals surface area contributed by atoms with Gasteiger partial charge < -0.3 is 15.2 Å². The minimum atomic E-state index is -0.995. The summed E-state index contributed by atoms with van der Waals surface area (Å²) in [5.41, 5.74) is 0. The van der Waals surface area contributed by atoms with Crippen LogP contribution in [-0.4, -0.2) is 31.0 Å². The van der Waals surface area contributed by atoms with E-state index in [-0.39, 0.29) is 12.4 Å². The summed E-state index contributed by atoms with van der Waals surface area (Å²) in [6.07, 6.45) is 0.981. The van der Waals surface area contributed by atoms with Crippen molar-refractivity contribution in [3.05, 3.63) is 16.3 Å². The van der Waals surface area contributed by atoms with Crippen molar-refractivity contribution in [3.8, 4) is 0 Å². The van der Waals surface area contributed by atoms with Crippen molar-refractivity contribution in [1.82, 2.24) is 15.0 Å². The highest BCUT2D eigenvalue weighted by Gasteiger charge is 2.18. The number of rotatable bonds is 4. The standard InChI is InChI=1S/C6H8N4O4/c1-4(6(11)12)3-9-7-2-5(8-9)10(13)14/h2,4H,3H2,1H3,(H,11,12). The molecule has 0 radical (unpaired) electrons. The van der Waals surface area contributed by atoms with Crippen molar-refractivity contribution in [2.45, 2.75) is 13.5 Å². The first-order chi connectivity index (χ1) is 6.50. The number of aromatic nitrogens is 3. The Kier molecular flexibility index (Phi) is 2.75. The molecule has 1 aromatic rings. The lowest BCUT2D eigenvalue weighted by molar-refractivity contribution is -0.389. The van der Waals surface area contributed by atoms with Crippen molar-refractivity contribution in [2.24, 2.45) is 5.92 Å². The summed E-state index contributed by atoms with van der Waals surface area (Å²) in [7, 11) is 0. The number of nitrogens with zero attached hydrogens (tertiary/aromatic N) is 4. The van der Waals surface area contributed by atoms with Gasteiger partial charge >= 0.3 is 11.8 Å². The van der Waals surface area contributed by atoms with Gasteiger partial charge in [0.15, 0.2) is 6.20 Å². The second kappa shape index (κ2) is 3.81. The predicted molar refractivity (Wildman–Crippen MR) is 43.5 cm³/mol. The molecule has 8 heteroatoms. The Morgan fingerprint density at radius 2 is 2.50 bits per heavy atom. The Labute approximate surface area is 78.3 Å². The third-order valence-electron chi connectivity index (χ3n) is 1.57. The Morgan fingerprint density at radius 3 is 2.93 bits per heavy atom. The molecule has 8 nitrogen and oxygen atoms in total. The first kappa shape index (κ1) is 10.1. The van der Waals surface area contributed by atoms with E-state index in [1.807, 2.05) is 0 Å². The summed E-state index contributed by atoms with van der Waals surface area (Å²) in [5, 5.41) is 25.8. The molecule has 76 valence electrons. The van der Waals surface area contributed by atoms with Crippen LogP contribution in [0.3, 0.4) is 0 Å². The first-order valence-corrected chi connectivity index (χ1v) is 3.78. The molecule has 1 atom stereocenters. The lowest BCUT2D eigenvalue weighted by atomic mass is 10.2. The summed E-state index contributed by atoms with van der Waals surface area (Å²) in [6, 6.07) is 0. The molecule has 1 unspecified atom stereocenters. The maximum absolute atomic E-state index is 10.4. The molecule has 14 heavy (non-hydrogen) atoms. The van der Waals surface area contributed by atoms with Crippen LogP contribution in [-0.2, 0) is 11.3 Å². The van der Waals surface area contributed by atoms with E-state index in [9.17, 15) is 14.9 Å². The molecule has 1 rings (SSSR count). The van der Waals surface area contributed by atoms with Crippen LogP contribution in [0.1, 0.15) is 6.92 Å². The number of aliphatic carboxylic acids is 1. The fourth-order valence-corrected chi connectivity index (χ4v) is 0.783. The summed E-state index contributed by atoms with van der Waals surface area (Å²) in [6.45, 7) is 1.49. The second-order valence-corrected chi connectivity index (χ2v) is 2.75. The number of hydrogen-bond donors (Lipinski definition) is 1. The topological polar surface area (TPSA) is 111 Å². The summed E-state index contributed by atoms with van der Waals surface area (Å²) in [5.74, 6) is -2.06. The lowest BCUT2D eigenvalue weighted by Gasteiger charge is -2.00. The van der Waals surface area contributed by atoms with Gasteiger partial charge in [-0.1, -0.05) is 4.80 Å². The van der Waals surface area contributed by atoms with Crippen LogP contribution in [0.5, 0.6) is 0 Å². The fourth-order valence-electron chi connectivity index (χ4n) is 0.783. The number of hydrogen-bond acceptors (Lipinski definition) is 5. The van der Waals surface area contributed by atoms with E-state index in [0.29, 0.717) is 0 Å². The molecule has 1 heterocycles. The first-order valence-electron chi connectivity index (χ1n) is 3.78. The van der Waals surface area contributed by atoms with E-state index in [1.165, 1.54) is 6.92 Å².